The molecule has 3 aromatic rings. The number of nitrogens with one attached hydrogen (secondary N) is 2. The minimum absolute atomic E-state index is 0.221. The average Bonchev–Trinajstić information content (AvgIpc) is 3.17. The lowest BCUT2D eigenvalue weighted by molar-refractivity contribution is -0.113. The highest BCUT2D eigenvalue weighted by Gasteiger charge is 2.35. The van der Waals surface area contributed by atoms with E-state index >= 15 is 0 Å². The van der Waals surface area contributed by atoms with Crippen molar-refractivity contribution in [2.45, 2.75) is 26.8 Å². The number of allylic oxidation sites excluding steroid dienone is 1. The smallest absolute Gasteiger partial charge is 0.255 e. The number of fused-ring (bicyclic) bond motifs is 1. The molecule has 0 spiro atoms. The third kappa shape index (κ3) is 3.44. The van der Waals surface area contributed by atoms with Crippen molar-refractivity contribution in [2.24, 2.45) is 0 Å². The van der Waals surface area contributed by atoms with Gasteiger partial charge in [-0.3, -0.25) is 4.79 Å². The molecule has 1 aliphatic rings. The van der Waals surface area contributed by atoms with E-state index in [1.54, 1.807) is 4.68 Å². The lowest BCUT2D eigenvalue weighted by Crippen LogP contribution is -2.32. The summed E-state index contributed by atoms with van der Waals surface area (Å²) in [5.74, 6) is 0.949. The molecule has 8 nitrogen and oxygen atoms in total. The maximum Gasteiger partial charge on any atom is 0.255 e. The predicted octanol–water partition coefficient (Wildman–Crippen LogP) is 3.31. The molecule has 2 N–H and O–H groups in total. The second-order valence-corrected chi connectivity index (χ2v) is 6.75. The zero-order valence-electron chi connectivity index (χ0n) is 16.5. The molecular weight excluding hydrogens is 368 g/mol. The van der Waals surface area contributed by atoms with Gasteiger partial charge in [0.2, 0.25) is 5.95 Å². The van der Waals surface area contributed by atoms with Gasteiger partial charge >= 0.3 is 0 Å². The second-order valence-electron chi connectivity index (χ2n) is 6.75. The first-order valence-corrected chi connectivity index (χ1v) is 9.44. The molecule has 0 saturated heterocycles. The molecule has 2 heterocycles. The number of hydrogen-bond acceptors (Lipinski definition) is 6. The molecule has 8 heteroatoms. The van der Waals surface area contributed by atoms with Gasteiger partial charge < -0.3 is 15.4 Å². The molecule has 1 atom stereocenters. The van der Waals surface area contributed by atoms with E-state index in [0.29, 0.717) is 29.6 Å². The van der Waals surface area contributed by atoms with Crippen LogP contribution in [0.3, 0.4) is 0 Å². The van der Waals surface area contributed by atoms with Crippen molar-refractivity contribution >= 4 is 17.5 Å². The molecule has 148 valence electrons. The quantitative estimate of drug-likeness (QED) is 0.694. The maximum atomic E-state index is 13.4. The summed E-state index contributed by atoms with van der Waals surface area (Å²) < 4.78 is 7.43. The van der Waals surface area contributed by atoms with E-state index in [0.717, 1.165) is 16.8 Å². The number of rotatable bonds is 5. The van der Waals surface area contributed by atoms with Crippen molar-refractivity contribution < 1.29 is 9.53 Å². The zero-order chi connectivity index (χ0) is 20.4. The Bertz CT molecular complexity index is 1090. The van der Waals surface area contributed by atoms with Crippen LogP contribution < -0.4 is 15.4 Å². The van der Waals surface area contributed by atoms with Crippen LogP contribution in [0.15, 0.2) is 59.8 Å². The molecule has 0 aliphatic carbocycles. The van der Waals surface area contributed by atoms with Crippen LogP contribution in [0.25, 0.3) is 0 Å². The van der Waals surface area contributed by atoms with Gasteiger partial charge in [-0.1, -0.05) is 41.5 Å². The fourth-order valence-corrected chi connectivity index (χ4v) is 3.49. The van der Waals surface area contributed by atoms with Crippen LogP contribution in [0.1, 0.15) is 31.0 Å². The van der Waals surface area contributed by atoms with Crippen LogP contribution in [0, 0.1) is 6.92 Å². The molecule has 2 aromatic carbocycles. The van der Waals surface area contributed by atoms with E-state index in [2.05, 4.69) is 26.2 Å². The maximum absolute atomic E-state index is 13.4. The Balaban J connectivity index is 1.81. The number of hydrogen-bond donors (Lipinski definition) is 2. The summed E-state index contributed by atoms with van der Waals surface area (Å²) in [5, 5.41) is 18.1. The molecular formula is C21H22N6O2. The van der Waals surface area contributed by atoms with Gasteiger partial charge in [0.1, 0.15) is 11.8 Å². The highest BCUT2D eigenvalue weighted by molar-refractivity contribution is 6.06. The molecule has 29 heavy (non-hydrogen) atoms. The molecule has 4 rings (SSSR count). The first-order chi connectivity index (χ1) is 14.1. The van der Waals surface area contributed by atoms with Crippen molar-refractivity contribution in [3.63, 3.8) is 0 Å². The third-order valence-corrected chi connectivity index (χ3v) is 4.87. The van der Waals surface area contributed by atoms with E-state index in [1.807, 2.05) is 69.3 Å². The van der Waals surface area contributed by atoms with Gasteiger partial charge in [-0.25, -0.2) is 0 Å². The average molecular weight is 390 g/mol. The first-order valence-electron chi connectivity index (χ1n) is 9.44. The van der Waals surface area contributed by atoms with Gasteiger partial charge in [0.25, 0.3) is 5.91 Å². The van der Waals surface area contributed by atoms with Crippen molar-refractivity contribution in [1.29, 1.82) is 0 Å². The Morgan fingerprint density at radius 3 is 2.72 bits per heavy atom. The summed E-state index contributed by atoms with van der Waals surface area (Å²) in [5.41, 5.74) is 3.78. The summed E-state index contributed by atoms with van der Waals surface area (Å²) >= 11 is 0. The number of carbonyl (C=O) groups is 1. The van der Waals surface area contributed by atoms with Crippen LogP contribution in [0.2, 0.25) is 0 Å². The van der Waals surface area contributed by atoms with Crippen LogP contribution in [-0.4, -0.2) is 32.7 Å². The molecule has 1 aromatic heterocycles. The summed E-state index contributed by atoms with van der Waals surface area (Å²) in [7, 11) is 0. The molecule has 1 aliphatic heterocycles. The Morgan fingerprint density at radius 1 is 1.17 bits per heavy atom. The Morgan fingerprint density at radius 2 is 1.93 bits per heavy atom. The topological polar surface area (TPSA) is 94.0 Å². The van der Waals surface area contributed by atoms with Crippen LogP contribution >= 0.6 is 0 Å². The predicted molar refractivity (Wildman–Crippen MR) is 110 cm³/mol. The highest BCUT2D eigenvalue weighted by Crippen LogP contribution is 2.38. The molecule has 0 bridgehead atoms. The zero-order valence-corrected chi connectivity index (χ0v) is 16.5. The summed E-state index contributed by atoms with van der Waals surface area (Å²) in [6.07, 6.45) is 0. The standard InChI is InChI=1S/C21H22N6O2/c1-4-29-17-12-8-6-10-15(17)19-18(14(3)22-21-24-25-26-27(19)21)20(28)23-16-11-7-5-9-13(16)2/h5-12,19H,4H2,1-3H3,(H,23,28)(H,22,24,26)/t19-/m1/s1. The van der Waals surface area contributed by atoms with E-state index < -0.39 is 6.04 Å². The van der Waals surface area contributed by atoms with Gasteiger partial charge in [0.15, 0.2) is 0 Å². The number of para-hydroxylation sites is 2. The van der Waals surface area contributed by atoms with Gasteiger partial charge in [-0.15, -0.1) is 0 Å². The molecule has 0 fully saturated rings. The van der Waals surface area contributed by atoms with Crippen LogP contribution in [-0.2, 0) is 4.79 Å². The Labute approximate surface area is 168 Å². The molecule has 0 radical (unpaired) electrons. The lowest BCUT2D eigenvalue weighted by atomic mass is 9.94. The lowest BCUT2D eigenvalue weighted by Gasteiger charge is -2.29. The van der Waals surface area contributed by atoms with E-state index in [4.69, 9.17) is 4.74 Å². The normalized spacial score (nSPS) is 15.5. The fourth-order valence-electron chi connectivity index (χ4n) is 3.49. The molecule has 1 amide bonds. The number of anilines is 2. The Kier molecular flexibility index (Phi) is 4.99. The van der Waals surface area contributed by atoms with Crippen molar-refractivity contribution in [3.05, 3.63) is 70.9 Å². The van der Waals surface area contributed by atoms with Gasteiger partial charge in [-0.2, -0.15) is 4.68 Å². The summed E-state index contributed by atoms with van der Waals surface area (Å²) in [6.45, 7) is 6.24. The van der Waals surface area contributed by atoms with Crippen molar-refractivity contribution in [1.82, 2.24) is 20.2 Å². The van der Waals surface area contributed by atoms with Crippen LogP contribution in [0.4, 0.5) is 11.6 Å². The van der Waals surface area contributed by atoms with Crippen molar-refractivity contribution in [2.75, 3.05) is 17.2 Å². The Hall–Kier alpha value is -3.68. The number of tetrazole rings is 1. The minimum Gasteiger partial charge on any atom is -0.494 e. The largest absolute Gasteiger partial charge is 0.494 e. The van der Waals surface area contributed by atoms with Gasteiger partial charge in [0.05, 0.1) is 12.2 Å². The van der Waals surface area contributed by atoms with E-state index in [9.17, 15) is 4.79 Å². The number of aromatic nitrogens is 4. The first kappa shape index (κ1) is 18.7. The number of nitrogens with zero attached hydrogens (tertiary/aromatic N) is 4. The monoisotopic (exact) mass is 390 g/mol. The van der Waals surface area contributed by atoms with Crippen molar-refractivity contribution in [3.8, 4) is 5.75 Å². The number of aryl methyl sites for hydroxylation is 1. The van der Waals surface area contributed by atoms with E-state index in [1.165, 1.54) is 0 Å². The molecule has 0 saturated carbocycles. The number of amides is 1. The highest BCUT2D eigenvalue weighted by atomic mass is 16.5. The minimum atomic E-state index is -0.520. The van der Waals surface area contributed by atoms with Gasteiger partial charge in [-0.05, 0) is 48.9 Å². The molecule has 0 unspecified atom stereocenters. The number of benzene rings is 2. The SMILES string of the molecule is CCOc1ccccc1[C@@H]1C(C(=O)Nc2ccccc2C)=C(C)Nc2nnnn21. The van der Waals surface area contributed by atoms with Crippen LogP contribution in [0.5, 0.6) is 5.75 Å². The summed E-state index contributed by atoms with van der Waals surface area (Å²) in [6, 6.07) is 14.8. The van der Waals surface area contributed by atoms with Gasteiger partial charge in [0, 0.05) is 16.9 Å². The second kappa shape index (κ2) is 7.75. The van der Waals surface area contributed by atoms with E-state index in [-0.39, 0.29) is 5.91 Å². The summed E-state index contributed by atoms with van der Waals surface area (Å²) in [4.78, 5) is 13.4. The number of ether oxygens (including phenoxy) is 1. The number of carbonyl (C=O) groups excluding carboxylic acids is 1. The third-order valence-electron chi connectivity index (χ3n) is 4.87. The fraction of sp³-hybridized carbons (Fsp3) is 0.238.